The Morgan fingerprint density at radius 1 is 1.27 bits per heavy atom. The number of aryl methyl sites for hydroxylation is 1. The van der Waals surface area contributed by atoms with Crippen LogP contribution in [-0.2, 0) is 28.1 Å². The van der Waals surface area contributed by atoms with E-state index in [0.717, 1.165) is 22.4 Å². The summed E-state index contributed by atoms with van der Waals surface area (Å²) in [4.78, 5) is 40.4. The number of hydrogen-bond acceptors (Lipinski definition) is 4. The van der Waals surface area contributed by atoms with Crippen molar-refractivity contribution in [1.29, 1.82) is 0 Å². The van der Waals surface area contributed by atoms with Gasteiger partial charge in [0, 0.05) is 7.05 Å². The number of rotatable bonds is 4. The number of fused-ring (bicyclic) bond motifs is 2. The monoisotopic (exact) mass is 353 g/mol. The standard InChI is InChI=1S/C19H19N3O4/c1-21(11-14-6-4-10-26-14)16(23)12-22-17(24)19(20-18(22)25)9-8-13-5-2-3-7-15(13)19/h2-7,10H,8-9,11-12H2,1H3,(H,20,25)/t19-/m1/s1. The van der Waals surface area contributed by atoms with Gasteiger partial charge < -0.3 is 14.6 Å². The van der Waals surface area contributed by atoms with Gasteiger partial charge >= 0.3 is 6.03 Å². The molecule has 1 saturated heterocycles. The number of urea groups is 1. The molecule has 1 atom stereocenters. The molecule has 0 saturated carbocycles. The lowest BCUT2D eigenvalue weighted by atomic mass is 9.92. The van der Waals surface area contributed by atoms with Crippen LogP contribution < -0.4 is 5.32 Å². The van der Waals surface area contributed by atoms with E-state index in [0.29, 0.717) is 12.2 Å². The fraction of sp³-hybridized carbons (Fsp3) is 0.316. The lowest BCUT2D eigenvalue weighted by Gasteiger charge is -2.23. The zero-order chi connectivity index (χ0) is 18.3. The van der Waals surface area contributed by atoms with E-state index in [1.54, 1.807) is 19.2 Å². The van der Waals surface area contributed by atoms with Crippen molar-refractivity contribution < 1.29 is 18.8 Å². The van der Waals surface area contributed by atoms with Gasteiger partial charge in [-0.1, -0.05) is 24.3 Å². The van der Waals surface area contributed by atoms with Crippen molar-refractivity contribution in [2.24, 2.45) is 0 Å². The molecule has 1 aromatic heterocycles. The Labute approximate surface area is 150 Å². The predicted octanol–water partition coefficient (Wildman–Crippen LogP) is 1.63. The summed E-state index contributed by atoms with van der Waals surface area (Å²) in [6.45, 7) is -0.00471. The summed E-state index contributed by atoms with van der Waals surface area (Å²) in [6, 6.07) is 10.6. The van der Waals surface area contributed by atoms with Crippen molar-refractivity contribution in [3.05, 3.63) is 59.5 Å². The average molecular weight is 353 g/mol. The highest BCUT2D eigenvalue weighted by Gasteiger charge is 2.55. The molecule has 2 aromatic rings. The van der Waals surface area contributed by atoms with E-state index >= 15 is 0 Å². The molecule has 4 rings (SSSR count). The van der Waals surface area contributed by atoms with Crippen LogP contribution in [0.4, 0.5) is 4.79 Å². The van der Waals surface area contributed by atoms with E-state index in [9.17, 15) is 14.4 Å². The normalized spacial score (nSPS) is 21.2. The van der Waals surface area contributed by atoms with Crippen molar-refractivity contribution in [3.8, 4) is 0 Å². The minimum atomic E-state index is -1.03. The van der Waals surface area contributed by atoms with Gasteiger partial charge in [-0.15, -0.1) is 0 Å². The second-order valence-electron chi connectivity index (χ2n) is 6.71. The average Bonchev–Trinajstić information content (AvgIpc) is 3.32. The van der Waals surface area contributed by atoms with Gasteiger partial charge in [-0.2, -0.15) is 0 Å². The van der Waals surface area contributed by atoms with Crippen molar-refractivity contribution in [1.82, 2.24) is 15.1 Å². The molecule has 1 fully saturated rings. The molecule has 7 nitrogen and oxygen atoms in total. The van der Waals surface area contributed by atoms with Gasteiger partial charge in [-0.25, -0.2) is 4.79 Å². The zero-order valence-electron chi connectivity index (χ0n) is 14.4. The summed E-state index contributed by atoms with van der Waals surface area (Å²) in [5.41, 5.74) is 0.856. The predicted molar refractivity (Wildman–Crippen MR) is 91.9 cm³/mol. The van der Waals surface area contributed by atoms with Gasteiger partial charge in [0.2, 0.25) is 5.91 Å². The molecular weight excluding hydrogens is 334 g/mol. The molecule has 1 spiro atoms. The Kier molecular flexibility index (Phi) is 3.79. The van der Waals surface area contributed by atoms with E-state index in [4.69, 9.17) is 4.42 Å². The van der Waals surface area contributed by atoms with E-state index in [2.05, 4.69) is 5.32 Å². The van der Waals surface area contributed by atoms with Crippen molar-refractivity contribution in [2.75, 3.05) is 13.6 Å². The highest BCUT2D eigenvalue weighted by Crippen LogP contribution is 2.41. The molecule has 0 bridgehead atoms. The van der Waals surface area contributed by atoms with Crippen molar-refractivity contribution >= 4 is 17.8 Å². The van der Waals surface area contributed by atoms with Gasteiger partial charge in [-0.3, -0.25) is 14.5 Å². The number of likely N-dealkylation sites (N-methyl/N-ethyl adjacent to an activating group) is 1. The second kappa shape index (κ2) is 6.01. The summed E-state index contributed by atoms with van der Waals surface area (Å²) >= 11 is 0. The van der Waals surface area contributed by atoms with Crippen LogP contribution >= 0.6 is 0 Å². The zero-order valence-corrected chi connectivity index (χ0v) is 14.4. The highest BCUT2D eigenvalue weighted by atomic mass is 16.3. The first-order valence-corrected chi connectivity index (χ1v) is 8.50. The number of benzene rings is 1. The Morgan fingerprint density at radius 3 is 2.85 bits per heavy atom. The van der Waals surface area contributed by atoms with Crippen LogP contribution in [-0.4, -0.2) is 41.2 Å². The van der Waals surface area contributed by atoms with Crippen molar-refractivity contribution in [3.63, 3.8) is 0 Å². The lowest BCUT2D eigenvalue weighted by Crippen LogP contribution is -2.44. The minimum absolute atomic E-state index is 0.281. The van der Waals surface area contributed by atoms with Crippen LogP contribution in [0.1, 0.15) is 23.3 Å². The molecule has 2 heterocycles. The summed E-state index contributed by atoms with van der Waals surface area (Å²) in [5, 5.41) is 2.82. The molecule has 1 aromatic carbocycles. The Bertz CT molecular complexity index is 877. The fourth-order valence-electron chi connectivity index (χ4n) is 3.71. The van der Waals surface area contributed by atoms with Crippen LogP contribution in [0.2, 0.25) is 0 Å². The highest BCUT2D eigenvalue weighted by molar-refractivity contribution is 6.09. The molecule has 2 aliphatic rings. The second-order valence-corrected chi connectivity index (χ2v) is 6.71. The number of imide groups is 1. The largest absolute Gasteiger partial charge is 0.467 e. The maximum Gasteiger partial charge on any atom is 0.325 e. The Morgan fingerprint density at radius 2 is 2.08 bits per heavy atom. The number of hydrogen-bond donors (Lipinski definition) is 1. The molecule has 1 N–H and O–H groups in total. The van der Waals surface area contributed by atoms with Crippen LogP contribution in [0.5, 0.6) is 0 Å². The molecule has 1 aliphatic carbocycles. The van der Waals surface area contributed by atoms with E-state index < -0.39 is 11.6 Å². The third kappa shape index (κ3) is 2.47. The van der Waals surface area contributed by atoms with Crippen molar-refractivity contribution in [2.45, 2.75) is 24.9 Å². The lowest BCUT2D eigenvalue weighted by molar-refractivity contribution is -0.138. The maximum atomic E-state index is 13.0. The summed E-state index contributed by atoms with van der Waals surface area (Å²) in [5.74, 6) is -0.0420. The third-order valence-corrected chi connectivity index (χ3v) is 5.11. The van der Waals surface area contributed by atoms with Crippen LogP contribution in [0.3, 0.4) is 0 Å². The maximum absolute atomic E-state index is 13.0. The fourth-order valence-corrected chi connectivity index (χ4v) is 3.71. The van der Waals surface area contributed by atoms with E-state index in [1.165, 1.54) is 11.2 Å². The molecule has 0 radical (unpaired) electrons. The number of carbonyl (C=O) groups is 3. The first-order valence-electron chi connectivity index (χ1n) is 8.50. The Hall–Kier alpha value is -3.09. The van der Waals surface area contributed by atoms with Gasteiger partial charge in [0.05, 0.1) is 12.8 Å². The number of amides is 4. The van der Waals surface area contributed by atoms with Gasteiger partial charge in [0.15, 0.2) is 0 Å². The molecule has 26 heavy (non-hydrogen) atoms. The first kappa shape index (κ1) is 16.4. The molecular formula is C19H19N3O4. The smallest absolute Gasteiger partial charge is 0.325 e. The third-order valence-electron chi connectivity index (χ3n) is 5.11. The number of carbonyl (C=O) groups excluding carboxylic acids is 3. The molecule has 134 valence electrons. The molecule has 0 unspecified atom stereocenters. The summed E-state index contributed by atoms with van der Waals surface area (Å²) < 4.78 is 5.23. The molecule has 1 aliphatic heterocycles. The van der Waals surface area contributed by atoms with E-state index in [1.807, 2.05) is 24.3 Å². The Balaban J connectivity index is 1.51. The summed E-state index contributed by atoms with van der Waals surface area (Å²) in [6.07, 6.45) is 2.78. The van der Waals surface area contributed by atoms with Crippen LogP contribution in [0.25, 0.3) is 0 Å². The number of furan rings is 1. The van der Waals surface area contributed by atoms with Crippen LogP contribution in [0, 0.1) is 0 Å². The number of nitrogens with one attached hydrogen (secondary N) is 1. The van der Waals surface area contributed by atoms with Gasteiger partial charge in [0.25, 0.3) is 5.91 Å². The molecule has 4 amide bonds. The van der Waals surface area contributed by atoms with Crippen LogP contribution in [0.15, 0.2) is 47.1 Å². The SMILES string of the molecule is CN(Cc1ccco1)C(=O)CN1C(=O)N[C@@]2(CCc3ccccc32)C1=O. The molecule has 7 heteroatoms. The quantitative estimate of drug-likeness (QED) is 0.847. The minimum Gasteiger partial charge on any atom is -0.467 e. The van der Waals surface area contributed by atoms with E-state index in [-0.39, 0.29) is 24.9 Å². The van der Waals surface area contributed by atoms with Gasteiger partial charge in [0.1, 0.15) is 17.8 Å². The topological polar surface area (TPSA) is 82.9 Å². The van der Waals surface area contributed by atoms with Gasteiger partial charge in [-0.05, 0) is 36.1 Å². The first-order chi connectivity index (χ1) is 12.5. The summed E-state index contributed by atoms with van der Waals surface area (Å²) in [7, 11) is 1.62. The number of nitrogens with zero attached hydrogens (tertiary/aromatic N) is 2.